The molecule has 4 rings (SSSR count). The lowest BCUT2D eigenvalue weighted by atomic mass is 9.92. The Hall–Kier alpha value is -3.26. The highest BCUT2D eigenvalue weighted by Gasteiger charge is 2.21. The number of aromatic nitrogens is 4. The highest BCUT2D eigenvalue weighted by Crippen LogP contribution is 2.26. The predicted molar refractivity (Wildman–Crippen MR) is 115 cm³/mol. The lowest BCUT2D eigenvalue weighted by Gasteiger charge is -2.14. The van der Waals surface area contributed by atoms with Crippen molar-refractivity contribution in [2.45, 2.75) is 32.7 Å². The van der Waals surface area contributed by atoms with Crippen molar-refractivity contribution in [2.24, 2.45) is 0 Å². The van der Waals surface area contributed by atoms with E-state index in [0.717, 1.165) is 11.4 Å². The molecule has 0 fully saturated rings. The van der Waals surface area contributed by atoms with E-state index in [1.165, 1.54) is 22.2 Å². The molecule has 0 saturated heterocycles. The van der Waals surface area contributed by atoms with Crippen molar-refractivity contribution < 1.29 is 4.79 Å². The molecule has 8 heteroatoms. The van der Waals surface area contributed by atoms with Crippen LogP contribution in [0.5, 0.6) is 0 Å². The molecule has 0 atom stereocenters. The third-order valence-electron chi connectivity index (χ3n) is 4.50. The average Bonchev–Trinajstić information content (AvgIpc) is 3.32. The van der Waals surface area contributed by atoms with Crippen LogP contribution in [0.15, 0.2) is 59.0 Å². The molecule has 148 valence electrons. The van der Waals surface area contributed by atoms with Gasteiger partial charge in [0.2, 0.25) is 5.91 Å². The van der Waals surface area contributed by atoms with E-state index in [9.17, 15) is 9.59 Å². The van der Waals surface area contributed by atoms with Crippen molar-refractivity contribution in [2.75, 3.05) is 5.32 Å². The molecule has 0 aliphatic rings. The van der Waals surface area contributed by atoms with Gasteiger partial charge in [0, 0.05) is 11.5 Å². The summed E-state index contributed by atoms with van der Waals surface area (Å²) in [4.78, 5) is 29.5. The fraction of sp³-hybridized carbons (Fsp3) is 0.238. The second kappa shape index (κ2) is 7.29. The van der Waals surface area contributed by atoms with Crippen molar-refractivity contribution in [3.05, 3.63) is 70.2 Å². The number of amides is 1. The first-order valence-corrected chi connectivity index (χ1v) is 10.1. The number of hydrogen-bond donors (Lipinski definition) is 1. The van der Waals surface area contributed by atoms with E-state index in [-0.39, 0.29) is 23.4 Å². The van der Waals surface area contributed by atoms with Gasteiger partial charge in [0.05, 0.1) is 23.2 Å². The van der Waals surface area contributed by atoms with Crippen LogP contribution in [0.3, 0.4) is 0 Å². The Labute approximate surface area is 171 Å². The zero-order chi connectivity index (χ0) is 20.6. The number of benzene rings is 1. The largest absolute Gasteiger partial charge is 0.309 e. The maximum atomic E-state index is 12.7. The van der Waals surface area contributed by atoms with Crippen molar-refractivity contribution in [1.82, 2.24) is 19.3 Å². The number of carbonyl (C=O) groups excluding carboxylic acids is 1. The summed E-state index contributed by atoms with van der Waals surface area (Å²) in [6.07, 6.45) is 1.41. The van der Waals surface area contributed by atoms with Crippen LogP contribution in [0.2, 0.25) is 0 Å². The van der Waals surface area contributed by atoms with Crippen LogP contribution in [0.4, 0.5) is 5.82 Å². The number of rotatable bonds is 4. The summed E-state index contributed by atoms with van der Waals surface area (Å²) >= 11 is 1.32. The zero-order valence-corrected chi connectivity index (χ0v) is 17.2. The number of anilines is 1. The summed E-state index contributed by atoms with van der Waals surface area (Å²) < 4.78 is 3.58. The molecule has 0 aliphatic carbocycles. The molecule has 3 heterocycles. The molecule has 1 amide bonds. The van der Waals surface area contributed by atoms with Crippen LogP contribution in [0.1, 0.15) is 26.5 Å². The summed E-state index contributed by atoms with van der Waals surface area (Å²) in [5, 5.41) is 9.40. The summed E-state index contributed by atoms with van der Waals surface area (Å²) in [5.41, 5.74) is 1.96. The van der Waals surface area contributed by atoms with Gasteiger partial charge in [0.15, 0.2) is 0 Å². The second-order valence-corrected chi connectivity index (χ2v) is 8.69. The molecule has 0 radical (unpaired) electrons. The molecular formula is C21H21N5O2S. The minimum absolute atomic E-state index is 0.121. The number of fused-ring (bicyclic) bond motifs is 1. The van der Waals surface area contributed by atoms with Crippen LogP contribution in [0.25, 0.3) is 15.9 Å². The first kappa shape index (κ1) is 19.1. The number of nitrogens with zero attached hydrogens (tertiary/aromatic N) is 4. The van der Waals surface area contributed by atoms with Gasteiger partial charge in [-0.15, -0.1) is 11.3 Å². The Bertz CT molecular complexity index is 1230. The van der Waals surface area contributed by atoms with E-state index in [1.807, 2.05) is 41.8 Å². The van der Waals surface area contributed by atoms with E-state index in [4.69, 9.17) is 0 Å². The fourth-order valence-electron chi connectivity index (χ4n) is 2.93. The third kappa shape index (κ3) is 3.84. The summed E-state index contributed by atoms with van der Waals surface area (Å²) in [6, 6.07) is 13.3. The lowest BCUT2D eigenvalue weighted by Crippen LogP contribution is -2.28. The van der Waals surface area contributed by atoms with Crippen molar-refractivity contribution in [3.8, 4) is 5.69 Å². The quantitative estimate of drug-likeness (QED) is 0.561. The number of carbonyl (C=O) groups is 1. The minimum atomic E-state index is -0.317. The van der Waals surface area contributed by atoms with Crippen molar-refractivity contribution >= 4 is 33.3 Å². The Morgan fingerprint density at radius 3 is 2.66 bits per heavy atom. The molecule has 0 bridgehead atoms. The highest BCUT2D eigenvalue weighted by molar-refractivity contribution is 7.17. The van der Waals surface area contributed by atoms with E-state index in [0.29, 0.717) is 16.0 Å². The van der Waals surface area contributed by atoms with Crippen LogP contribution in [-0.4, -0.2) is 25.2 Å². The first-order valence-electron chi connectivity index (χ1n) is 9.21. The SMILES string of the molecule is CC(C)(C)c1cc(NC(=O)Cn2cnc3ccsc3c2=O)n(-c2ccccc2)n1. The Morgan fingerprint density at radius 1 is 1.17 bits per heavy atom. The molecule has 1 N–H and O–H groups in total. The van der Waals surface area contributed by atoms with Crippen molar-refractivity contribution in [1.29, 1.82) is 0 Å². The number of nitrogens with one attached hydrogen (secondary N) is 1. The van der Waals surface area contributed by atoms with E-state index in [1.54, 1.807) is 10.7 Å². The molecular weight excluding hydrogens is 386 g/mol. The molecule has 0 aliphatic heterocycles. The van der Waals surface area contributed by atoms with Crippen LogP contribution in [0, 0.1) is 0 Å². The Kier molecular flexibility index (Phi) is 4.79. The van der Waals surface area contributed by atoms with E-state index < -0.39 is 0 Å². The highest BCUT2D eigenvalue weighted by atomic mass is 32.1. The van der Waals surface area contributed by atoms with Gasteiger partial charge in [0.25, 0.3) is 5.56 Å². The maximum Gasteiger partial charge on any atom is 0.271 e. The van der Waals surface area contributed by atoms with Gasteiger partial charge in [-0.2, -0.15) is 5.10 Å². The average molecular weight is 407 g/mol. The van der Waals surface area contributed by atoms with Crippen molar-refractivity contribution in [3.63, 3.8) is 0 Å². The van der Waals surface area contributed by atoms with Gasteiger partial charge < -0.3 is 5.32 Å². The Morgan fingerprint density at radius 2 is 1.93 bits per heavy atom. The number of hydrogen-bond acceptors (Lipinski definition) is 5. The van der Waals surface area contributed by atoms with E-state index >= 15 is 0 Å². The topological polar surface area (TPSA) is 81.8 Å². The molecule has 4 aromatic rings. The first-order chi connectivity index (χ1) is 13.8. The number of para-hydroxylation sites is 1. The predicted octanol–water partition coefficient (Wildman–Crippen LogP) is 3.58. The second-order valence-electron chi connectivity index (χ2n) is 7.77. The van der Waals surface area contributed by atoms with Gasteiger partial charge in [-0.25, -0.2) is 9.67 Å². The van der Waals surface area contributed by atoms with E-state index in [2.05, 4.69) is 36.2 Å². The molecule has 0 spiro atoms. The molecule has 0 unspecified atom stereocenters. The smallest absolute Gasteiger partial charge is 0.271 e. The van der Waals surface area contributed by atoms with Crippen LogP contribution < -0.4 is 10.9 Å². The molecule has 1 aromatic carbocycles. The fourth-order valence-corrected chi connectivity index (χ4v) is 3.72. The molecule has 0 saturated carbocycles. The molecule has 3 aromatic heterocycles. The van der Waals surface area contributed by atoms with Gasteiger partial charge in [-0.05, 0) is 23.6 Å². The van der Waals surface area contributed by atoms with Gasteiger partial charge in [-0.3, -0.25) is 14.2 Å². The standard InChI is InChI=1S/C21H21N5O2S/c1-21(2,3)16-11-17(26(24-16)14-7-5-4-6-8-14)23-18(27)12-25-13-22-15-9-10-29-19(15)20(25)28/h4-11,13H,12H2,1-3H3,(H,23,27). The normalized spacial score (nSPS) is 11.7. The maximum absolute atomic E-state index is 12.7. The zero-order valence-electron chi connectivity index (χ0n) is 16.4. The number of thiophene rings is 1. The molecule has 7 nitrogen and oxygen atoms in total. The van der Waals surface area contributed by atoms with Gasteiger partial charge in [0.1, 0.15) is 17.1 Å². The molecule has 29 heavy (non-hydrogen) atoms. The van der Waals surface area contributed by atoms with Gasteiger partial charge in [-0.1, -0.05) is 39.0 Å². The van der Waals surface area contributed by atoms with Crippen LogP contribution in [-0.2, 0) is 16.8 Å². The third-order valence-corrected chi connectivity index (χ3v) is 5.39. The monoisotopic (exact) mass is 407 g/mol. The minimum Gasteiger partial charge on any atom is -0.309 e. The summed E-state index contributed by atoms with van der Waals surface area (Å²) in [7, 11) is 0. The lowest BCUT2D eigenvalue weighted by molar-refractivity contribution is -0.116. The van der Waals surface area contributed by atoms with Crippen LogP contribution >= 0.6 is 11.3 Å². The summed E-state index contributed by atoms with van der Waals surface area (Å²) in [5.74, 6) is 0.242. The summed E-state index contributed by atoms with van der Waals surface area (Å²) in [6.45, 7) is 6.08. The Balaban J connectivity index is 1.64. The van der Waals surface area contributed by atoms with Gasteiger partial charge >= 0.3 is 0 Å².